The van der Waals surface area contributed by atoms with Crippen LogP contribution >= 0.6 is 0 Å². The molecule has 2 aliphatic rings. The van der Waals surface area contributed by atoms with Crippen LogP contribution < -0.4 is 4.74 Å². The molecule has 0 N–H and O–H groups in total. The van der Waals surface area contributed by atoms with Gasteiger partial charge in [0.25, 0.3) is 0 Å². The molecule has 3 unspecified atom stereocenters. The Bertz CT molecular complexity index is 546. The van der Waals surface area contributed by atoms with Gasteiger partial charge in [0.15, 0.2) is 11.6 Å². The second-order valence-corrected chi connectivity index (χ2v) is 6.44. The van der Waals surface area contributed by atoms with E-state index in [1.165, 1.54) is 32.4 Å². The van der Waals surface area contributed by atoms with E-state index in [2.05, 4.69) is 0 Å². The molecule has 3 nitrogen and oxygen atoms in total. The SMILES string of the molecule is COc1ccc(CN(C)C(=O)C2CC3CCC2C3)cc1F. The number of hydrogen-bond donors (Lipinski definition) is 0. The Morgan fingerprint density at radius 3 is 2.76 bits per heavy atom. The first-order valence-corrected chi connectivity index (χ1v) is 7.66. The molecule has 2 bridgehead atoms. The summed E-state index contributed by atoms with van der Waals surface area (Å²) in [5, 5.41) is 0. The lowest BCUT2D eigenvalue weighted by Crippen LogP contribution is -2.35. The van der Waals surface area contributed by atoms with Crippen LogP contribution in [0.15, 0.2) is 18.2 Å². The standard InChI is InChI=1S/C17H22FNO2/c1-19(10-12-4-6-16(21-2)15(18)9-12)17(20)14-8-11-3-5-13(14)7-11/h4,6,9,11,13-14H,3,5,7-8,10H2,1-2H3. The minimum Gasteiger partial charge on any atom is -0.494 e. The lowest BCUT2D eigenvalue weighted by Gasteiger charge is -2.26. The highest BCUT2D eigenvalue weighted by Crippen LogP contribution is 2.48. The number of hydrogen-bond acceptors (Lipinski definition) is 2. The van der Waals surface area contributed by atoms with Crippen molar-refractivity contribution in [1.82, 2.24) is 4.90 Å². The monoisotopic (exact) mass is 291 g/mol. The van der Waals surface area contributed by atoms with Crippen molar-refractivity contribution in [1.29, 1.82) is 0 Å². The van der Waals surface area contributed by atoms with Gasteiger partial charge in [0, 0.05) is 19.5 Å². The Kier molecular flexibility index (Phi) is 3.87. The first kappa shape index (κ1) is 14.4. The molecular weight excluding hydrogens is 269 g/mol. The Morgan fingerprint density at radius 2 is 2.19 bits per heavy atom. The molecule has 2 aliphatic carbocycles. The van der Waals surface area contributed by atoms with E-state index in [9.17, 15) is 9.18 Å². The highest BCUT2D eigenvalue weighted by molar-refractivity contribution is 5.79. The second kappa shape index (κ2) is 5.66. The van der Waals surface area contributed by atoms with Crippen molar-refractivity contribution in [2.75, 3.05) is 14.2 Å². The number of fused-ring (bicyclic) bond motifs is 2. The fourth-order valence-electron chi connectivity index (χ4n) is 3.99. The van der Waals surface area contributed by atoms with Crippen molar-refractivity contribution in [3.63, 3.8) is 0 Å². The number of rotatable bonds is 4. The smallest absolute Gasteiger partial charge is 0.226 e. The van der Waals surface area contributed by atoms with E-state index >= 15 is 0 Å². The lowest BCUT2D eigenvalue weighted by molar-refractivity contribution is -0.136. The van der Waals surface area contributed by atoms with Gasteiger partial charge in [-0.2, -0.15) is 0 Å². The van der Waals surface area contributed by atoms with E-state index in [0.29, 0.717) is 12.5 Å². The van der Waals surface area contributed by atoms with Crippen LogP contribution in [0.25, 0.3) is 0 Å². The average Bonchev–Trinajstić information content (AvgIpc) is 3.09. The maximum atomic E-state index is 13.7. The van der Waals surface area contributed by atoms with Gasteiger partial charge in [0.05, 0.1) is 7.11 Å². The second-order valence-electron chi connectivity index (χ2n) is 6.44. The maximum absolute atomic E-state index is 13.7. The summed E-state index contributed by atoms with van der Waals surface area (Å²) in [6.07, 6.45) is 4.76. The van der Waals surface area contributed by atoms with Gasteiger partial charge in [-0.05, 0) is 48.8 Å². The summed E-state index contributed by atoms with van der Waals surface area (Å²) in [5.41, 5.74) is 0.798. The van der Waals surface area contributed by atoms with Gasteiger partial charge < -0.3 is 9.64 Å². The summed E-state index contributed by atoms with van der Waals surface area (Å²) in [6.45, 7) is 0.452. The van der Waals surface area contributed by atoms with Crippen LogP contribution in [-0.2, 0) is 11.3 Å². The van der Waals surface area contributed by atoms with Gasteiger partial charge in [-0.15, -0.1) is 0 Å². The fourth-order valence-corrected chi connectivity index (χ4v) is 3.99. The third-order valence-corrected chi connectivity index (χ3v) is 5.07. The molecule has 114 valence electrons. The highest BCUT2D eigenvalue weighted by Gasteiger charge is 2.43. The Labute approximate surface area is 125 Å². The summed E-state index contributed by atoms with van der Waals surface area (Å²) < 4.78 is 18.6. The predicted octanol–water partition coefficient (Wildman–Crippen LogP) is 3.23. The highest BCUT2D eigenvalue weighted by atomic mass is 19.1. The molecule has 21 heavy (non-hydrogen) atoms. The Hall–Kier alpha value is -1.58. The zero-order valence-corrected chi connectivity index (χ0v) is 12.6. The minimum absolute atomic E-state index is 0.192. The molecule has 2 fully saturated rings. The number of carbonyl (C=O) groups excluding carboxylic acids is 1. The fraction of sp³-hybridized carbons (Fsp3) is 0.588. The molecule has 2 saturated carbocycles. The van der Waals surface area contributed by atoms with E-state index in [-0.39, 0.29) is 23.4 Å². The largest absolute Gasteiger partial charge is 0.494 e. The zero-order chi connectivity index (χ0) is 15.0. The minimum atomic E-state index is -0.379. The van der Waals surface area contributed by atoms with Crippen LogP contribution in [0.3, 0.4) is 0 Å². The van der Waals surface area contributed by atoms with Crippen molar-refractivity contribution in [3.8, 4) is 5.75 Å². The van der Waals surface area contributed by atoms with Crippen LogP contribution in [0.2, 0.25) is 0 Å². The number of methoxy groups -OCH3 is 1. The van der Waals surface area contributed by atoms with Crippen molar-refractivity contribution >= 4 is 5.91 Å². The Morgan fingerprint density at radius 1 is 1.38 bits per heavy atom. The van der Waals surface area contributed by atoms with Crippen LogP contribution in [0.1, 0.15) is 31.2 Å². The van der Waals surface area contributed by atoms with Gasteiger partial charge in [0.2, 0.25) is 5.91 Å². The van der Waals surface area contributed by atoms with Crippen molar-refractivity contribution in [2.24, 2.45) is 17.8 Å². The average molecular weight is 291 g/mol. The molecule has 3 rings (SSSR count). The van der Waals surface area contributed by atoms with Gasteiger partial charge in [-0.25, -0.2) is 4.39 Å². The maximum Gasteiger partial charge on any atom is 0.226 e. The van der Waals surface area contributed by atoms with Crippen LogP contribution in [0, 0.1) is 23.6 Å². The van der Waals surface area contributed by atoms with Gasteiger partial charge in [-0.3, -0.25) is 4.79 Å². The van der Waals surface area contributed by atoms with Crippen LogP contribution in [-0.4, -0.2) is 25.0 Å². The topological polar surface area (TPSA) is 29.5 Å². The van der Waals surface area contributed by atoms with E-state index in [0.717, 1.165) is 17.9 Å². The molecular formula is C17H22FNO2. The normalized spacial score (nSPS) is 26.9. The third-order valence-electron chi connectivity index (χ3n) is 5.07. The summed E-state index contributed by atoms with van der Waals surface area (Å²) in [6, 6.07) is 4.87. The summed E-state index contributed by atoms with van der Waals surface area (Å²) >= 11 is 0. The molecule has 4 heteroatoms. The van der Waals surface area contributed by atoms with Crippen molar-refractivity contribution in [3.05, 3.63) is 29.6 Å². The van der Waals surface area contributed by atoms with Crippen molar-refractivity contribution in [2.45, 2.75) is 32.2 Å². The molecule has 0 aromatic heterocycles. The van der Waals surface area contributed by atoms with Gasteiger partial charge >= 0.3 is 0 Å². The molecule has 0 heterocycles. The molecule has 0 aliphatic heterocycles. The van der Waals surface area contributed by atoms with Crippen LogP contribution in [0.4, 0.5) is 4.39 Å². The van der Waals surface area contributed by atoms with E-state index in [1.54, 1.807) is 11.0 Å². The predicted molar refractivity (Wildman–Crippen MR) is 78.4 cm³/mol. The Balaban J connectivity index is 1.64. The molecule has 3 atom stereocenters. The zero-order valence-electron chi connectivity index (χ0n) is 12.6. The number of halogens is 1. The van der Waals surface area contributed by atoms with Crippen LogP contribution in [0.5, 0.6) is 5.75 Å². The number of ether oxygens (including phenoxy) is 1. The quantitative estimate of drug-likeness (QED) is 0.852. The van der Waals surface area contributed by atoms with Gasteiger partial charge in [-0.1, -0.05) is 12.5 Å². The number of benzene rings is 1. The molecule has 1 aromatic rings. The molecule has 1 aromatic carbocycles. The summed E-state index contributed by atoms with van der Waals surface area (Å²) in [7, 11) is 3.26. The number of carbonyl (C=O) groups is 1. The van der Waals surface area contributed by atoms with Gasteiger partial charge in [0.1, 0.15) is 0 Å². The molecule has 1 amide bonds. The first-order valence-electron chi connectivity index (χ1n) is 7.66. The van der Waals surface area contributed by atoms with E-state index < -0.39 is 0 Å². The van der Waals surface area contributed by atoms with Crippen molar-refractivity contribution < 1.29 is 13.9 Å². The lowest BCUT2D eigenvalue weighted by atomic mass is 9.88. The van der Waals surface area contributed by atoms with E-state index in [4.69, 9.17) is 4.74 Å². The summed E-state index contributed by atoms with van der Waals surface area (Å²) in [5.74, 6) is 1.61. The molecule has 0 radical (unpaired) electrons. The number of amides is 1. The summed E-state index contributed by atoms with van der Waals surface area (Å²) in [4.78, 5) is 14.3. The van der Waals surface area contributed by atoms with E-state index in [1.807, 2.05) is 13.1 Å². The number of nitrogens with zero attached hydrogens (tertiary/aromatic N) is 1. The third kappa shape index (κ3) is 2.76. The first-order chi connectivity index (χ1) is 10.1. The molecule has 0 saturated heterocycles. The molecule has 0 spiro atoms.